The van der Waals surface area contributed by atoms with Gasteiger partial charge in [-0.05, 0) is 41.7 Å². The van der Waals surface area contributed by atoms with Gasteiger partial charge in [-0.1, -0.05) is 42.5 Å². The van der Waals surface area contributed by atoms with Crippen molar-refractivity contribution < 1.29 is 8.42 Å². The normalized spacial score (nSPS) is 17.6. The molecule has 1 N–H and O–H groups in total. The lowest BCUT2D eigenvalue weighted by atomic mass is 9.98. The molecule has 0 spiro atoms. The summed E-state index contributed by atoms with van der Waals surface area (Å²) in [6.45, 7) is 0.974. The quantitative estimate of drug-likeness (QED) is 0.751. The lowest BCUT2D eigenvalue weighted by Crippen LogP contribution is -2.36. The Morgan fingerprint density at radius 1 is 0.923 bits per heavy atom. The number of aromatic amines is 1. The first kappa shape index (κ1) is 15.9. The van der Waals surface area contributed by atoms with E-state index in [4.69, 9.17) is 0 Å². The SMILES string of the molecule is O=S(=O)(C1=Cc2ccccc2CC1)N1CCc2[nH]c3ccccc3c2C1. The molecule has 5 rings (SSSR count). The number of hydrogen-bond acceptors (Lipinski definition) is 2. The van der Waals surface area contributed by atoms with Gasteiger partial charge in [-0.2, -0.15) is 4.31 Å². The van der Waals surface area contributed by atoms with E-state index >= 15 is 0 Å². The molecule has 0 atom stereocenters. The van der Waals surface area contributed by atoms with Crippen LogP contribution in [0.25, 0.3) is 17.0 Å². The van der Waals surface area contributed by atoms with Crippen LogP contribution in [0.1, 0.15) is 28.8 Å². The number of sulfonamides is 1. The second-order valence-electron chi connectivity index (χ2n) is 7.03. The molecule has 2 heterocycles. The molecule has 0 amide bonds. The molecule has 3 aromatic rings. The highest BCUT2D eigenvalue weighted by Gasteiger charge is 2.32. The molecule has 1 aliphatic heterocycles. The van der Waals surface area contributed by atoms with Gasteiger partial charge in [0.05, 0.1) is 4.91 Å². The standard InChI is InChI=1S/C21H20N2O2S/c24-26(25,17-10-9-15-5-1-2-6-16(15)13-17)23-12-11-21-19(14-23)18-7-3-4-8-20(18)22-21/h1-8,13,22H,9-12,14H2. The fourth-order valence-corrected chi connectivity index (χ4v) is 5.72. The van der Waals surface area contributed by atoms with Crippen molar-refractivity contribution in [2.75, 3.05) is 6.54 Å². The highest BCUT2D eigenvalue weighted by atomic mass is 32.2. The van der Waals surface area contributed by atoms with Crippen LogP contribution in [0, 0.1) is 0 Å². The van der Waals surface area contributed by atoms with Crippen LogP contribution in [0.4, 0.5) is 0 Å². The molecule has 1 aliphatic carbocycles. The lowest BCUT2D eigenvalue weighted by Gasteiger charge is -2.28. The third kappa shape index (κ3) is 2.42. The van der Waals surface area contributed by atoms with Crippen molar-refractivity contribution in [3.63, 3.8) is 0 Å². The number of benzene rings is 2. The number of rotatable bonds is 2. The Bertz CT molecular complexity index is 1140. The molecule has 4 nitrogen and oxygen atoms in total. The number of fused-ring (bicyclic) bond motifs is 4. The molecule has 2 aromatic carbocycles. The molecular formula is C21H20N2O2S. The van der Waals surface area contributed by atoms with E-state index in [2.05, 4.69) is 17.1 Å². The summed E-state index contributed by atoms with van der Waals surface area (Å²) in [5.74, 6) is 0. The van der Waals surface area contributed by atoms with Crippen molar-refractivity contribution in [2.24, 2.45) is 0 Å². The van der Waals surface area contributed by atoms with Crippen LogP contribution < -0.4 is 0 Å². The van der Waals surface area contributed by atoms with Gasteiger partial charge in [0.15, 0.2) is 0 Å². The van der Waals surface area contributed by atoms with E-state index in [-0.39, 0.29) is 0 Å². The maximum Gasteiger partial charge on any atom is 0.239 e. The lowest BCUT2D eigenvalue weighted by molar-refractivity contribution is 0.394. The van der Waals surface area contributed by atoms with Crippen LogP contribution in [-0.4, -0.2) is 24.3 Å². The molecule has 132 valence electrons. The highest BCUT2D eigenvalue weighted by Crippen LogP contribution is 2.33. The van der Waals surface area contributed by atoms with Gasteiger partial charge in [0.25, 0.3) is 0 Å². The summed E-state index contributed by atoms with van der Waals surface area (Å²) in [4.78, 5) is 3.99. The summed E-state index contributed by atoms with van der Waals surface area (Å²) < 4.78 is 28.2. The minimum atomic E-state index is -3.44. The Labute approximate surface area is 153 Å². The fourth-order valence-electron chi connectivity index (χ4n) is 4.12. The minimum Gasteiger partial charge on any atom is -0.358 e. The summed E-state index contributed by atoms with van der Waals surface area (Å²) in [5, 5.41) is 1.13. The van der Waals surface area contributed by atoms with Crippen LogP contribution >= 0.6 is 0 Å². The molecule has 1 aromatic heterocycles. The Morgan fingerprint density at radius 2 is 1.73 bits per heavy atom. The predicted molar refractivity (Wildman–Crippen MR) is 104 cm³/mol. The number of allylic oxidation sites excluding steroid dienone is 1. The zero-order valence-corrected chi connectivity index (χ0v) is 15.2. The van der Waals surface area contributed by atoms with Gasteiger partial charge in [-0.3, -0.25) is 0 Å². The molecule has 0 radical (unpaired) electrons. The Kier molecular flexibility index (Phi) is 3.55. The number of H-pyrrole nitrogens is 1. The smallest absolute Gasteiger partial charge is 0.239 e. The van der Waals surface area contributed by atoms with Crippen molar-refractivity contribution >= 4 is 27.0 Å². The van der Waals surface area contributed by atoms with Crippen LogP contribution in [0.15, 0.2) is 53.4 Å². The number of para-hydroxylation sites is 1. The van der Waals surface area contributed by atoms with E-state index in [1.807, 2.05) is 42.5 Å². The summed E-state index contributed by atoms with van der Waals surface area (Å²) in [6, 6.07) is 16.2. The molecule has 26 heavy (non-hydrogen) atoms. The first-order valence-corrected chi connectivity index (χ1v) is 10.4. The maximum atomic E-state index is 13.3. The Morgan fingerprint density at radius 3 is 2.65 bits per heavy atom. The average molecular weight is 364 g/mol. The second kappa shape index (κ2) is 5.83. The van der Waals surface area contributed by atoms with Crippen LogP contribution in [0.5, 0.6) is 0 Å². The summed E-state index contributed by atoms with van der Waals surface area (Å²) in [5.41, 5.74) is 5.63. The highest BCUT2D eigenvalue weighted by molar-refractivity contribution is 7.93. The van der Waals surface area contributed by atoms with Crippen molar-refractivity contribution in [3.05, 3.63) is 75.8 Å². The molecule has 0 saturated carbocycles. The van der Waals surface area contributed by atoms with Gasteiger partial charge in [-0.25, -0.2) is 8.42 Å². The van der Waals surface area contributed by atoms with E-state index in [1.54, 1.807) is 4.31 Å². The van der Waals surface area contributed by atoms with Crippen molar-refractivity contribution in [2.45, 2.75) is 25.8 Å². The van der Waals surface area contributed by atoms with E-state index < -0.39 is 10.0 Å². The van der Waals surface area contributed by atoms with E-state index in [9.17, 15) is 8.42 Å². The maximum absolute atomic E-state index is 13.3. The number of aryl methyl sites for hydroxylation is 1. The fraction of sp³-hybridized carbons (Fsp3) is 0.238. The second-order valence-corrected chi connectivity index (χ2v) is 9.02. The summed E-state index contributed by atoms with van der Waals surface area (Å²) in [7, 11) is -3.44. The van der Waals surface area contributed by atoms with Gasteiger partial charge >= 0.3 is 0 Å². The van der Waals surface area contributed by atoms with E-state index in [1.165, 1.54) is 11.3 Å². The van der Waals surface area contributed by atoms with E-state index in [0.29, 0.717) is 24.4 Å². The van der Waals surface area contributed by atoms with E-state index in [0.717, 1.165) is 34.9 Å². The number of nitrogens with zero attached hydrogens (tertiary/aromatic N) is 1. The zero-order valence-electron chi connectivity index (χ0n) is 14.4. The van der Waals surface area contributed by atoms with Gasteiger partial charge < -0.3 is 4.98 Å². The van der Waals surface area contributed by atoms with Gasteiger partial charge in [0, 0.05) is 36.1 Å². The van der Waals surface area contributed by atoms with Gasteiger partial charge in [-0.15, -0.1) is 0 Å². The summed E-state index contributed by atoms with van der Waals surface area (Å²) in [6.07, 6.45) is 3.95. The minimum absolute atomic E-state index is 0.445. The van der Waals surface area contributed by atoms with Crippen LogP contribution in [-0.2, 0) is 29.4 Å². The number of aromatic nitrogens is 1. The van der Waals surface area contributed by atoms with Gasteiger partial charge in [0.1, 0.15) is 0 Å². The average Bonchev–Trinajstić information content (AvgIpc) is 3.05. The Balaban J connectivity index is 1.51. The summed E-state index contributed by atoms with van der Waals surface area (Å²) >= 11 is 0. The predicted octanol–water partition coefficient (Wildman–Crippen LogP) is 3.84. The van der Waals surface area contributed by atoms with Crippen LogP contribution in [0.2, 0.25) is 0 Å². The first-order chi connectivity index (χ1) is 12.6. The Hall–Kier alpha value is -2.37. The number of nitrogens with one attached hydrogen (secondary N) is 1. The molecule has 5 heteroatoms. The molecule has 0 bridgehead atoms. The van der Waals surface area contributed by atoms with Crippen molar-refractivity contribution in [3.8, 4) is 0 Å². The zero-order chi connectivity index (χ0) is 17.7. The molecule has 0 saturated heterocycles. The molecule has 0 fully saturated rings. The monoisotopic (exact) mass is 364 g/mol. The third-order valence-electron chi connectivity index (χ3n) is 5.53. The largest absolute Gasteiger partial charge is 0.358 e. The molecule has 2 aliphatic rings. The topological polar surface area (TPSA) is 53.2 Å². The molecule has 0 unspecified atom stereocenters. The van der Waals surface area contributed by atoms with Crippen molar-refractivity contribution in [1.82, 2.24) is 9.29 Å². The van der Waals surface area contributed by atoms with Crippen molar-refractivity contribution in [1.29, 1.82) is 0 Å². The number of hydrogen-bond donors (Lipinski definition) is 1. The molecular weight excluding hydrogens is 344 g/mol. The third-order valence-corrected chi connectivity index (χ3v) is 7.51. The first-order valence-electron chi connectivity index (χ1n) is 9.00. The van der Waals surface area contributed by atoms with Gasteiger partial charge in [0.2, 0.25) is 10.0 Å². The van der Waals surface area contributed by atoms with Crippen LogP contribution in [0.3, 0.4) is 0 Å².